The van der Waals surface area contributed by atoms with Gasteiger partial charge in [0.25, 0.3) is 0 Å². The Kier molecular flexibility index (Phi) is 9.27. The zero-order chi connectivity index (χ0) is 28.8. The highest BCUT2D eigenvalue weighted by molar-refractivity contribution is 6.53. The van der Waals surface area contributed by atoms with Crippen LogP contribution in [0.15, 0.2) is 121 Å². The number of hydrogen-bond acceptors (Lipinski definition) is 5. The van der Waals surface area contributed by atoms with Crippen LogP contribution >= 0.6 is 23.2 Å². The summed E-state index contributed by atoms with van der Waals surface area (Å²) in [6.45, 7) is 1.70. The van der Waals surface area contributed by atoms with E-state index in [2.05, 4.69) is 0 Å². The molecular weight excluding hydrogens is 571 g/mol. The molecule has 0 amide bonds. The summed E-state index contributed by atoms with van der Waals surface area (Å²) in [5, 5.41) is 0. The molecule has 218 valence electrons. The van der Waals surface area contributed by atoms with Crippen LogP contribution in [-0.2, 0) is 50.1 Å². The first-order chi connectivity index (χ1) is 20.6. The van der Waals surface area contributed by atoms with E-state index in [1.807, 2.05) is 121 Å². The molecule has 7 heteroatoms. The molecule has 1 saturated heterocycles. The van der Waals surface area contributed by atoms with Crippen molar-refractivity contribution in [2.24, 2.45) is 0 Å². The molecule has 2 aliphatic rings. The van der Waals surface area contributed by atoms with Gasteiger partial charge in [0, 0.05) is 0 Å². The van der Waals surface area contributed by atoms with Crippen molar-refractivity contribution in [2.45, 2.75) is 60.8 Å². The summed E-state index contributed by atoms with van der Waals surface area (Å²) < 4.78 is 31.3. The Morgan fingerprint density at radius 2 is 1.02 bits per heavy atom. The van der Waals surface area contributed by atoms with Crippen molar-refractivity contribution < 1.29 is 23.7 Å². The van der Waals surface area contributed by atoms with E-state index in [-0.39, 0.29) is 6.61 Å². The summed E-state index contributed by atoms with van der Waals surface area (Å²) in [5.74, 6) is 0. The van der Waals surface area contributed by atoms with Gasteiger partial charge in [0.05, 0.1) is 33.0 Å². The molecule has 2 fully saturated rings. The molecule has 0 radical (unpaired) electrons. The fourth-order valence-electron chi connectivity index (χ4n) is 5.56. The van der Waals surface area contributed by atoms with E-state index in [9.17, 15) is 0 Å². The smallest absolute Gasteiger partial charge is 0.181 e. The Hall–Kier alpha value is -2.74. The fourth-order valence-corrected chi connectivity index (χ4v) is 6.40. The third-order valence-electron chi connectivity index (χ3n) is 7.83. The van der Waals surface area contributed by atoms with E-state index in [0.717, 1.165) is 22.3 Å². The van der Waals surface area contributed by atoms with Gasteiger partial charge in [-0.3, -0.25) is 0 Å². The first-order valence-corrected chi connectivity index (χ1v) is 15.0. The molecule has 0 unspecified atom stereocenters. The maximum Gasteiger partial charge on any atom is 0.181 e. The monoisotopic (exact) mass is 604 g/mol. The Morgan fingerprint density at radius 3 is 1.55 bits per heavy atom. The van der Waals surface area contributed by atoms with Crippen molar-refractivity contribution in [3.63, 3.8) is 0 Å². The minimum Gasteiger partial charge on any atom is -0.374 e. The Labute approximate surface area is 257 Å². The van der Waals surface area contributed by atoms with Gasteiger partial charge in [0.2, 0.25) is 0 Å². The second-order valence-corrected chi connectivity index (χ2v) is 12.1. The molecule has 1 saturated carbocycles. The normalized spacial score (nSPS) is 26.0. The molecular formula is C35H34Cl2O5. The van der Waals surface area contributed by atoms with Crippen molar-refractivity contribution in [3.05, 3.63) is 144 Å². The number of alkyl halides is 2. The van der Waals surface area contributed by atoms with Crippen LogP contribution in [0.2, 0.25) is 0 Å². The van der Waals surface area contributed by atoms with E-state index in [1.54, 1.807) is 0 Å². The lowest BCUT2D eigenvalue weighted by Crippen LogP contribution is -2.58. The summed E-state index contributed by atoms with van der Waals surface area (Å²) in [4.78, 5) is 0. The van der Waals surface area contributed by atoms with Gasteiger partial charge >= 0.3 is 0 Å². The Balaban J connectivity index is 1.29. The van der Waals surface area contributed by atoms with Gasteiger partial charge in [-0.15, -0.1) is 0 Å². The van der Waals surface area contributed by atoms with Crippen molar-refractivity contribution in [1.82, 2.24) is 0 Å². The van der Waals surface area contributed by atoms with Crippen molar-refractivity contribution in [1.29, 1.82) is 0 Å². The molecule has 4 aromatic carbocycles. The molecule has 6 rings (SSSR count). The van der Waals surface area contributed by atoms with E-state index >= 15 is 0 Å². The lowest BCUT2D eigenvalue weighted by Gasteiger charge is -2.41. The Bertz CT molecular complexity index is 1390. The first kappa shape index (κ1) is 29.3. The van der Waals surface area contributed by atoms with Crippen LogP contribution in [0.3, 0.4) is 0 Å². The van der Waals surface area contributed by atoms with Crippen molar-refractivity contribution in [3.8, 4) is 0 Å². The van der Waals surface area contributed by atoms with Crippen molar-refractivity contribution in [2.75, 3.05) is 6.61 Å². The first-order valence-electron chi connectivity index (χ1n) is 14.2. The number of benzene rings is 4. The SMILES string of the molecule is ClC1(Cl)[C@H]2O[C@H](COCc3ccccc3)[C@H](OCc3ccccc3)[C@H](OCc3ccccc3)[C@]21OCc1ccccc1. The summed E-state index contributed by atoms with van der Waals surface area (Å²) in [6.07, 6.45) is -2.32. The molecule has 5 atom stereocenters. The average molecular weight is 606 g/mol. The highest BCUT2D eigenvalue weighted by Crippen LogP contribution is 2.67. The second-order valence-electron chi connectivity index (χ2n) is 10.7. The van der Waals surface area contributed by atoms with Gasteiger partial charge < -0.3 is 23.7 Å². The molecule has 1 aliphatic carbocycles. The Morgan fingerprint density at radius 1 is 0.571 bits per heavy atom. The predicted octanol–water partition coefficient (Wildman–Crippen LogP) is 7.28. The highest BCUT2D eigenvalue weighted by atomic mass is 35.5. The van der Waals surface area contributed by atoms with Gasteiger partial charge in [-0.05, 0) is 22.3 Å². The third-order valence-corrected chi connectivity index (χ3v) is 8.81. The van der Waals surface area contributed by atoms with Crippen LogP contribution in [-0.4, -0.2) is 41.0 Å². The standard InChI is InChI=1S/C35H34Cl2O5/c36-35(37)33-34(35,41-24-29-19-11-4-12-20-29)32(40-23-28-17-9-3-10-18-28)31(39-22-27-15-7-2-8-16-27)30(42-33)25-38-21-26-13-5-1-6-14-26/h1-20,30-33H,21-25H2/t30-,31+,32+,33+,34+/m1/s1. The van der Waals surface area contributed by atoms with Crippen LogP contribution in [0.4, 0.5) is 0 Å². The fraction of sp³-hybridized carbons (Fsp3) is 0.314. The van der Waals surface area contributed by atoms with E-state index in [0.29, 0.717) is 26.4 Å². The summed E-state index contributed by atoms with van der Waals surface area (Å²) in [6, 6.07) is 40.0. The summed E-state index contributed by atoms with van der Waals surface area (Å²) in [7, 11) is 0. The van der Waals surface area contributed by atoms with Crippen molar-refractivity contribution >= 4 is 23.2 Å². The maximum atomic E-state index is 7.03. The van der Waals surface area contributed by atoms with Crippen LogP contribution in [0, 0.1) is 0 Å². The summed E-state index contributed by atoms with van der Waals surface area (Å²) in [5.41, 5.74) is 2.98. The molecule has 1 aliphatic heterocycles. The largest absolute Gasteiger partial charge is 0.374 e. The van der Waals surface area contributed by atoms with E-state index in [1.165, 1.54) is 0 Å². The van der Waals surface area contributed by atoms with Gasteiger partial charge in [-0.2, -0.15) is 0 Å². The number of halogens is 2. The number of ether oxygens (including phenoxy) is 5. The molecule has 0 aromatic heterocycles. The van der Waals surface area contributed by atoms with Crippen LogP contribution in [0.5, 0.6) is 0 Å². The topological polar surface area (TPSA) is 46.2 Å². The van der Waals surface area contributed by atoms with Gasteiger partial charge in [-0.25, -0.2) is 0 Å². The minimum absolute atomic E-state index is 0.272. The molecule has 1 heterocycles. The number of hydrogen-bond donors (Lipinski definition) is 0. The second kappa shape index (κ2) is 13.3. The van der Waals surface area contributed by atoms with E-state index in [4.69, 9.17) is 46.9 Å². The maximum absolute atomic E-state index is 7.03. The lowest BCUT2D eigenvalue weighted by atomic mass is 9.97. The number of rotatable bonds is 13. The summed E-state index contributed by atoms with van der Waals surface area (Å²) >= 11 is 14.1. The zero-order valence-corrected chi connectivity index (χ0v) is 24.7. The molecule has 0 spiro atoms. The molecule has 42 heavy (non-hydrogen) atoms. The number of fused-ring (bicyclic) bond motifs is 1. The van der Waals surface area contributed by atoms with Crippen LogP contribution in [0.1, 0.15) is 22.3 Å². The third kappa shape index (κ3) is 6.29. The van der Waals surface area contributed by atoms with Gasteiger partial charge in [0.15, 0.2) is 9.93 Å². The van der Waals surface area contributed by atoms with Crippen LogP contribution in [0.25, 0.3) is 0 Å². The predicted molar refractivity (Wildman–Crippen MR) is 163 cm³/mol. The molecule has 4 aromatic rings. The molecule has 0 bridgehead atoms. The zero-order valence-electron chi connectivity index (χ0n) is 23.2. The van der Waals surface area contributed by atoms with E-state index < -0.39 is 34.4 Å². The lowest BCUT2D eigenvalue weighted by molar-refractivity contribution is -0.249. The highest BCUT2D eigenvalue weighted by Gasteiger charge is 2.86. The van der Waals surface area contributed by atoms with Gasteiger partial charge in [-0.1, -0.05) is 145 Å². The van der Waals surface area contributed by atoms with Crippen LogP contribution < -0.4 is 0 Å². The molecule has 5 nitrogen and oxygen atoms in total. The quantitative estimate of drug-likeness (QED) is 0.150. The average Bonchev–Trinajstić information content (AvgIpc) is 3.53. The molecule has 0 N–H and O–H groups in total. The van der Waals surface area contributed by atoms with Gasteiger partial charge in [0.1, 0.15) is 24.4 Å². The minimum atomic E-state index is -1.34.